The number of carbonyl (C=O) groups excluding carboxylic acids is 1. The molecule has 6 heteroatoms. The van der Waals surface area contributed by atoms with Crippen LogP contribution in [0.15, 0.2) is 30.3 Å². The fourth-order valence-electron chi connectivity index (χ4n) is 0.910. The molecule has 0 aromatic heterocycles. The highest BCUT2D eigenvalue weighted by Gasteiger charge is 2.36. The van der Waals surface area contributed by atoms with Crippen LogP contribution < -0.4 is 0 Å². The lowest BCUT2D eigenvalue weighted by Gasteiger charge is -2.02. The highest BCUT2D eigenvalue weighted by atomic mass is 35.5. The molecule has 1 aromatic rings. The van der Waals surface area contributed by atoms with Crippen molar-refractivity contribution in [3.05, 3.63) is 40.9 Å². The fourth-order valence-corrected chi connectivity index (χ4v) is 1.04. The molecule has 0 fully saturated rings. The zero-order chi connectivity index (χ0) is 12.3. The van der Waals surface area contributed by atoms with Crippen LogP contribution in [0.1, 0.15) is 5.56 Å². The molecule has 2 nitrogen and oxygen atoms in total. The number of benzene rings is 1. The van der Waals surface area contributed by atoms with Gasteiger partial charge in [-0.2, -0.15) is 13.2 Å². The van der Waals surface area contributed by atoms with Gasteiger partial charge in [0.2, 0.25) is 0 Å². The summed E-state index contributed by atoms with van der Waals surface area (Å²) in [5.41, 5.74) is 0.0852. The van der Waals surface area contributed by atoms with E-state index in [4.69, 9.17) is 11.6 Å². The maximum atomic E-state index is 11.9. The minimum absolute atomic E-state index is 0.0852. The van der Waals surface area contributed by atoms with Crippen molar-refractivity contribution < 1.29 is 23.1 Å². The van der Waals surface area contributed by atoms with Crippen molar-refractivity contribution in [2.75, 3.05) is 0 Å². The van der Waals surface area contributed by atoms with Crippen molar-refractivity contribution in [3.63, 3.8) is 0 Å². The van der Waals surface area contributed by atoms with Crippen molar-refractivity contribution in [1.29, 1.82) is 0 Å². The summed E-state index contributed by atoms with van der Waals surface area (Å²) in [6.45, 7) is 0. The Bertz CT molecular complexity index is 421. The van der Waals surface area contributed by atoms with Crippen LogP contribution in [0.5, 0.6) is 0 Å². The summed E-state index contributed by atoms with van der Waals surface area (Å²) < 4.78 is 35.6. The number of alkyl halides is 3. The van der Waals surface area contributed by atoms with E-state index < -0.39 is 17.7 Å². The second-order valence-corrected chi connectivity index (χ2v) is 3.33. The van der Waals surface area contributed by atoms with Crippen LogP contribution >= 0.6 is 11.6 Å². The Morgan fingerprint density at radius 3 is 2.19 bits per heavy atom. The molecule has 0 aliphatic heterocycles. The number of rotatable bonds is 2. The van der Waals surface area contributed by atoms with E-state index in [-0.39, 0.29) is 11.6 Å². The summed E-state index contributed by atoms with van der Waals surface area (Å²) in [6, 6.07) is 5.38. The Labute approximate surface area is 94.0 Å². The van der Waals surface area contributed by atoms with Crippen LogP contribution in [-0.4, -0.2) is 17.1 Å². The van der Waals surface area contributed by atoms with Gasteiger partial charge in [0, 0.05) is 16.7 Å². The standard InChI is InChI=1S/C10H6ClF3O2/c11-7-3-1-6(2-4-7)8(15)5-9(16)10(12,13)14/h1-5,15H/b8-5-. The third-order valence-corrected chi connectivity index (χ3v) is 1.94. The molecule has 0 aliphatic rings. The van der Waals surface area contributed by atoms with E-state index in [0.717, 1.165) is 0 Å². The molecule has 1 N–H and O–H groups in total. The van der Waals surface area contributed by atoms with Crippen molar-refractivity contribution in [2.24, 2.45) is 0 Å². The molecular weight excluding hydrogens is 245 g/mol. The summed E-state index contributed by atoms with van der Waals surface area (Å²) in [5, 5.41) is 9.62. The molecule has 0 amide bonds. The van der Waals surface area contributed by atoms with E-state index in [9.17, 15) is 23.1 Å². The Kier molecular flexibility index (Phi) is 3.59. The summed E-state index contributed by atoms with van der Waals surface area (Å²) in [5.74, 6) is -2.86. The molecular formula is C10H6ClF3O2. The smallest absolute Gasteiger partial charge is 0.454 e. The van der Waals surface area contributed by atoms with E-state index in [1.54, 1.807) is 0 Å². The van der Waals surface area contributed by atoms with Gasteiger partial charge in [-0.1, -0.05) is 11.6 Å². The average Bonchev–Trinajstić information content (AvgIpc) is 2.17. The fraction of sp³-hybridized carbons (Fsp3) is 0.100. The number of allylic oxidation sites excluding steroid dienone is 1. The first-order chi connectivity index (χ1) is 7.30. The predicted molar refractivity (Wildman–Crippen MR) is 53.1 cm³/mol. The van der Waals surface area contributed by atoms with E-state index in [0.29, 0.717) is 5.02 Å². The summed E-state index contributed by atoms with van der Waals surface area (Å²) in [6.07, 6.45) is -4.86. The largest absolute Gasteiger partial charge is 0.507 e. The van der Waals surface area contributed by atoms with Gasteiger partial charge in [-0.05, 0) is 24.3 Å². The van der Waals surface area contributed by atoms with Crippen LogP contribution in [0.2, 0.25) is 5.02 Å². The summed E-state index contributed by atoms with van der Waals surface area (Å²) in [4.78, 5) is 10.5. The normalized spacial score (nSPS) is 12.6. The zero-order valence-corrected chi connectivity index (χ0v) is 8.51. The van der Waals surface area contributed by atoms with Gasteiger partial charge >= 0.3 is 6.18 Å². The molecule has 0 unspecified atom stereocenters. The van der Waals surface area contributed by atoms with Gasteiger partial charge in [-0.25, -0.2) is 0 Å². The van der Waals surface area contributed by atoms with Gasteiger partial charge in [0.15, 0.2) is 0 Å². The van der Waals surface area contributed by atoms with Gasteiger partial charge in [-0.3, -0.25) is 4.79 Å². The first kappa shape index (κ1) is 12.6. The molecule has 16 heavy (non-hydrogen) atoms. The van der Waals surface area contributed by atoms with E-state index in [1.807, 2.05) is 0 Å². The Morgan fingerprint density at radius 1 is 1.25 bits per heavy atom. The first-order valence-electron chi connectivity index (χ1n) is 4.08. The van der Waals surface area contributed by atoms with Crippen molar-refractivity contribution in [3.8, 4) is 0 Å². The Hall–Kier alpha value is -1.49. The summed E-state index contributed by atoms with van der Waals surface area (Å²) >= 11 is 5.55. The minimum atomic E-state index is -4.99. The number of aliphatic hydroxyl groups excluding tert-OH is 1. The molecule has 0 saturated heterocycles. The average molecular weight is 251 g/mol. The molecule has 0 atom stereocenters. The SMILES string of the molecule is O=C(/C=C(\O)c1ccc(Cl)cc1)C(F)(F)F. The van der Waals surface area contributed by atoms with E-state index in [2.05, 4.69) is 0 Å². The molecule has 0 spiro atoms. The number of carbonyl (C=O) groups is 1. The van der Waals surface area contributed by atoms with Crippen LogP contribution in [0.25, 0.3) is 5.76 Å². The second-order valence-electron chi connectivity index (χ2n) is 2.90. The van der Waals surface area contributed by atoms with Crippen molar-refractivity contribution >= 4 is 23.1 Å². The van der Waals surface area contributed by atoms with Gasteiger partial charge in [0.1, 0.15) is 5.76 Å². The highest BCUT2D eigenvalue weighted by molar-refractivity contribution is 6.30. The number of hydrogen-bond donors (Lipinski definition) is 1. The lowest BCUT2D eigenvalue weighted by atomic mass is 10.1. The van der Waals surface area contributed by atoms with Gasteiger partial charge in [-0.15, -0.1) is 0 Å². The molecule has 1 rings (SSSR count). The van der Waals surface area contributed by atoms with Crippen LogP contribution in [0.3, 0.4) is 0 Å². The maximum Gasteiger partial charge on any atom is 0.454 e. The van der Waals surface area contributed by atoms with E-state index in [1.165, 1.54) is 24.3 Å². The highest BCUT2D eigenvalue weighted by Crippen LogP contribution is 2.20. The van der Waals surface area contributed by atoms with Crippen LogP contribution in [-0.2, 0) is 4.79 Å². The monoisotopic (exact) mass is 250 g/mol. The van der Waals surface area contributed by atoms with Crippen LogP contribution in [0, 0.1) is 0 Å². The van der Waals surface area contributed by atoms with E-state index >= 15 is 0 Å². The van der Waals surface area contributed by atoms with Gasteiger partial charge in [0.05, 0.1) is 0 Å². The number of hydrogen-bond acceptors (Lipinski definition) is 2. The number of ketones is 1. The van der Waals surface area contributed by atoms with Crippen molar-refractivity contribution in [1.82, 2.24) is 0 Å². The molecule has 0 saturated carbocycles. The van der Waals surface area contributed by atoms with Crippen molar-refractivity contribution in [2.45, 2.75) is 6.18 Å². The quantitative estimate of drug-likeness (QED) is 0.645. The third kappa shape index (κ3) is 3.27. The molecule has 86 valence electrons. The summed E-state index contributed by atoms with van der Waals surface area (Å²) in [7, 11) is 0. The first-order valence-corrected chi connectivity index (χ1v) is 4.46. The number of aliphatic hydroxyl groups is 1. The lowest BCUT2D eigenvalue weighted by Crippen LogP contribution is -2.20. The van der Waals surface area contributed by atoms with Gasteiger partial charge in [0.25, 0.3) is 5.78 Å². The lowest BCUT2D eigenvalue weighted by molar-refractivity contribution is -0.165. The van der Waals surface area contributed by atoms with Gasteiger partial charge < -0.3 is 5.11 Å². The van der Waals surface area contributed by atoms with Crippen LogP contribution in [0.4, 0.5) is 13.2 Å². The molecule has 1 aromatic carbocycles. The molecule has 0 radical (unpaired) electrons. The number of halogens is 4. The second kappa shape index (κ2) is 4.57. The maximum absolute atomic E-state index is 11.9. The molecule has 0 heterocycles. The Morgan fingerprint density at radius 2 is 1.75 bits per heavy atom. The third-order valence-electron chi connectivity index (χ3n) is 1.69. The topological polar surface area (TPSA) is 37.3 Å². The Balaban J connectivity index is 2.94. The zero-order valence-electron chi connectivity index (χ0n) is 7.75. The molecule has 0 aliphatic carbocycles. The predicted octanol–water partition coefficient (Wildman–Crippen LogP) is 3.37. The minimum Gasteiger partial charge on any atom is -0.507 e. The molecule has 0 bridgehead atoms.